The molecular formula is C40H41IrN4O3Si2. The van der Waals surface area contributed by atoms with Gasteiger partial charge in [0.1, 0.15) is 11.4 Å². The largest absolute Gasteiger partial charge is 3.00 e. The maximum absolute atomic E-state index is 10.1. The van der Waals surface area contributed by atoms with Crippen LogP contribution in [0, 0.1) is 18.8 Å². The Morgan fingerprint density at radius 2 is 1.60 bits per heavy atom. The van der Waals surface area contributed by atoms with Crippen LogP contribution in [-0.2, 0) is 25.6 Å². The fourth-order valence-corrected chi connectivity index (χ4v) is 8.26. The zero-order chi connectivity index (χ0) is 35.0. The van der Waals surface area contributed by atoms with E-state index in [0.717, 1.165) is 39.6 Å². The van der Waals surface area contributed by atoms with Crippen molar-refractivity contribution in [3.05, 3.63) is 151 Å². The number of benzene rings is 3. The van der Waals surface area contributed by atoms with E-state index in [1.807, 2.05) is 18.2 Å². The van der Waals surface area contributed by atoms with Gasteiger partial charge in [0.25, 0.3) is 0 Å². The van der Waals surface area contributed by atoms with Crippen LogP contribution >= 0.6 is 0 Å². The minimum Gasteiger partial charge on any atom is -0.516 e. The Morgan fingerprint density at radius 1 is 0.860 bits per heavy atom. The molecule has 3 aromatic carbocycles. The number of hydrogen-bond donors (Lipinski definition) is 1. The minimum absolute atomic E-state index is 0. The second kappa shape index (κ2) is 14.5. The van der Waals surface area contributed by atoms with E-state index < -0.39 is 27.7 Å². The first-order valence-corrected chi connectivity index (χ1v) is 23.3. The van der Waals surface area contributed by atoms with Crippen molar-refractivity contribution in [3.8, 4) is 22.8 Å². The molecular weight excluding hydrogens is 833 g/mol. The molecule has 256 valence electrons. The normalized spacial score (nSPS) is 16.3. The third-order valence-corrected chi connectivity index (χ3v) is 12.8. The molecule has 0 bridgehead atoms. The number of aromatic nitrogens is 2. The number of ether oxygens (including phenoxy) is 1. The first-order chi connectivity index (χ1) is 23.3. The average Bonchev–Trinajstić information content (AvgIpc) is 3.53. The summed E-state index contributed by atoms with van der Waals surface area (Å²) in [5.74, 6) is 0.758. The van der Waals surface area contributed by atoms with Gasteiger partial charge >= 0.3 is 26.1 Å². The minimum atomic E-state index is -1.61. The van der Waals surface area contributed by atoms with Crippen molar-refractivity contribution in [2.24, 2.45) is 0 Å². The topological polar surface area (TPSA) is 78.8 Å². The van der Waals surface area contributed by atoms with Gasteiger partial charge in [-0.3, -0.25) is 4.98 Å². The number of pyridine rings is 2. The number of nitrogens with zero attached hydrogens (tertiary/aromatic N) is 4. The Labute approximate surface area is 311 Å². The molecule has 0 saturated carbocycles. The molecule has 5 aromatic rings. The van der Waals surface area contributed by atoms with Gasteiger partial charge in [0.05, 0.1) is 19.3 Å². The second-order valence-corrected chi connectivity index (χ2v) is 24.5. The monoisotopic (exact) mass is 874 g/mol. The average molecular weight is 874 g/mol. The molecule has 0 saturated heterocycles. The summed E-state index contributed by atoms with van der Waals surface area (Å²) in [4.78, 5) is 23.4. The number of carboxylic acids is 1. The van der Waals surface area contributed by atoms with Gasteiger partial charge in [0.2, 0.25) is 0 Å². The molecule has 10 heteroatoms. The van der Waals surface area contributed by atoms with E-state index in [0.29, 0.717) is 0 Å². The van der Waals surface area contributed by atoms with Crippen LogP contribution in [0.15, 0.2) is 110 Å². The quantitative estimate of drug-likeness (QED) is 0.140. The summed E-state index contributed by atoms with van der Waals surface area (Å²) in [6, 6.07) is 37.5. The van der Waals surface area contributed by atoms with Crippen molar-refractivity contribution in [1.29, 1.82) is 0 Å². The predicted octanol–water partition coefficient (Wildman–Crippen LogP) is 7.45. The zero-order valence-electron chi connectivity index (χ0n) is 29.4. The van der Waals surface area contributed by atoms with Crippen molar-refractivity contribution in [2.75, 3.05) is 7.05 Å². The summed E-state index contributed by atoms with van der Waals surface area (Å²) in [7, 11) is -1.15. The fourth-order valence-electron chi connectivity index (χ4n) is 6.04. The van der Waals surface area contributed by atoms with Crippen LogP contribution < -0.4 is 15.1 Å². The van der Waals surface area contributed by atoms with Gasteiger partial charge in [-0.15, -0.1) is 42.0 Å². The van der Waals surface area contributed by atoms with Crippen LogP contribution in [0.1, 0.15) is 27.3 Å². The molecule has 0 spiro atoms. The van der Waals surface area contributed by atoms with Gasteiger partial charge < -0.3 is 19.6 Å². The van der Waals surface area contributed by atoms with Crippen LogP contribution in [0.3, 0.4) is 0 Å². The Hall–Kier alpha value is -4.35. The van der Waals surface area contributed by atoms with Gasteiger partial charge in [-0.05, 0) is 49.4 Å². The number of carbonyl (C=O) groups is 1. The fraction of sp³-hybridized carbons (Fsp3) is 0.200. The second-order valence-electron chi connectivity index (χ2n) is 14.3. The first kappa shape index (κ1) is 36.9. The third-order valence-electron chi connectivity index (χ3n) is 8.74. The van der Waals surface area contributed by atoms with Crippen LogP contribution in [0.5, 0.6) is 11.5 Å². The summed E-state index contributed by atoms with van der Waals surface area (Å²) in [5.41, 5.74) is 4.13. The Bertz CT molecular complexity index is 1950. The number of carboxylic acid groups (broad SMARTS) is 1. The molecule has 0 unspecified atom stereocenters. The van der Waals surface area contributed by atoms with E-state index in [1.54, 1.807) is 12.1 Å². The van der Waals surface area contributed by atoms with E-state index in [1.165, 1.54) is 22.6 Å². The number of aromatic carboxylic acids is 1. The molecule has 1 N–H and O–H groups in total. The summed E-state index contributed by atoms with van der Waals surface area (Å²) in [6.45, 7) is 16.4. The van der Waals surface area contributed by atoms with E-state index in [2.05, 4.69) is 147 Å². The van der Waals surface area contributed by atoms with E-state index >= 15 is 0 Å². The van der Waals surface area contributed by atoms with Gasteiger partial charge in [-0.2, -0.15) is 24.0 Å². The standard InChI is InChI=1S/C34H36N3OSi2.C6H5NO2.Ir/c1-36-20-21-37(24-36)34(33-15-11-14-30(35-33)25-12-9-8-10-13-25)28-18-16-26(39(2,3)4)22-31(28)38-32-23-27(40(5,6)7)17-19-29(32)34;8-6(9)5-3-1-2-4-7-5;/h8-12,14-18,20-24H,1-7H3;1-4H,(H,8,9);/q-3;;+3/t34-;;/m1../s1. The summed E-state index contributed by atoms with van der Waals surface area (Å²) >= 11 is 0. The smallest absolute Gasteiger partial charge is 0.516 e. The van der Waals surface area contributed by atoms with Crippen molar-refractivity contribution >= 4 is 32.5 Å². The zero-order valence-corrected chi connectivity index (χ0v) is 33.8. The predicted molar refractivity (Wildman–Crippen MR) is 200 cm³/mol. The van der Waals surface area contributed by atoms with Crippen molar-refractivity contribution in [1.82, 2.24) is 19.8 Å². The molecule has 2 aliphatic rings. The molecule has 50 heavy (non-hydrogen) atoms. The SMILES string of the molecule is CN1C=CN([C@@]2(c3cccc(-c4[c-]cccc4)n3)c3[c-]cc([Si](C)(C)C)cc3Oc3cc([Si](C)(C)C)ccc32)[CH-]1.O=C(O)c1ccccn1.[Ir+3]. The maximum Gasteiger partial charge on any atom is 3.00 e. The molecule has 7 rings (SSSR count). The molecule has 1 atom stereocenters. The van der Waals surface area contributed by atoms with Crippen LogP contribution in [0.25, 0.3) is 11.3 Å². The molecule has 0 amide bonds. The van der Waals surface area contributed by atoms with Crippen molar-refractivity contribution in [2.45, 2.75) is 44.8 Å². The number of rotatable bonds is 6. The molecule has 0 aliphatic carbocycles. The van der Waals surface area contributed by atoms with Crippen LogP contribution in [-0.4, -0.2) is 54.0 Å². The van der Waals surface area contributed by atoms with E-state index in [9.17, 15) is 4.79 Å². The van der Waals surface area contributed by atoms with E-state index in [4.69, 9.17) is 14.8 Å². The van der Waals surface area contributed by atoms with Crippen LogP contribution in [0.4, 0.5) is 0 Å². The third kappa shape index (κ3) is 7.25. The number of fused-ring (bicyclic) bond motifs is 2. The van der Waals surface area contributed by atoms with Gasteiger partial charge in [-0.1, -0.05) is 80.4 Å². The number of hydrogen-bond acceptors (Lipinski definition) is 6. The summed E-state index contributed by atoms with van der Waals surface area (Å²) < 4.78 is 6.83. The first-order valence-electron chi connectivity index (χ1n) is 16.3. The van der Waals surface area contributed by atoms with Crippen LogP contribution in [0.2, 0.25) is 39.3 Å². The van der Waals surface area contributed by atoms with Crippen molar-refractivity contribution in [3.63, 3.8) is 0 Å². The molecule has 2 aromatic heterocycles. The molecule has 7 nitrogen and oxygen atoms in total. The van der Waals surface area contributed by atoms with Gasteiger partial charge in [0, 0.05) is 25.6 Å². The van der Waals surface area contributed by atoms with Gasteiger partial charge in [0.15, 0.2) is 0 Å². The summed E-state index contributed by atoms with van der Waals surface area (Å²) in [5, 5.41) is 11.0. The van der Waals surface area contributed by atoms with Gasteiger partial charge in [-0.25, -0.2) is 9.78 Å². The molecule has 4 heterocycles. The van der Waals surface area contributed by atoms with Crippen molar-refractivity contribution < 1.29 is 34.7 Å². The molecule has 0 fully saturated rings. The Balaban J connectivity index is 0.000000425. The molecule has 0 radical (unpaired) electrons. The van der Waals surface area contributed by atoms with E-state index in [-0.39, 0.29) is 25.8 Å². The summed E-state index contributed by atoms with van der Waals surface area (Å²) in [6.07, 6.45) is 5.66. The maximum atomic E-state index is 10.1. The Morgan fingerprint density at radius 3 is 2.20 bits per heavy atom. The Kier molecular flexibility index (Phi) is 10.7. The molecule has 2 aliphatic heterocycles.